The van der Waals surface area contributed by atoms with E-state index in [1.807, 2.05) is 12.1 Å². The summed E-state index contributed by atoms with van der Waals surface area (Å²) in [6.07, 6.45) is 1.11. The fourth-order valence-corrected chi connectivity index (χ4v) is 1.74. The van der Waals surface area contributed by atoms with E-state index in [1.165, 1.54) is 0 Å². The van der Waals surface area contributed by atoms with Gasteiger partial charge in [-0.1, -0.05) is 11.6 Å². The molecule has 0 atom stereocenters. The number of hydrogen-bond acceptors (Lipinski definition) is 5. The van der Waals surface area contributed by atoms with Crippen LogP contribution in [-0.2, 0) is 0 Å². The van der Waals surface area contributed by atoms with E-state index >= 15 is 0 Å². The summed E-state index contributed by atoms with van der Waals surface area (Å²) in [4.78, 5) is 17.4. The fraction of sp³-hybridized carbons (Fsp3) is 0. The first-order chi connectivity index (χ1) is 8.58. The number of hydrogen-bond donors (Lipinski definition) is 0. The predicted octanol–water partition coefficient (Wildman–Crippen LogP) is 3.44. The highest BCUT2D eigenvalue weighted by atomic mass is 127. The van der Waals surface area contributed by atoms with Crippen molar-refractivity contribution in [3.63, 3.8) is 0 Å². The van der Waals surface area contributed by atoms with Crippen molar-refractivity contribution in [1.29, 1.82) is 0 Å². The lowest BCUT2D eigenvalue weighted by Gasteiger charge is -2.05. The highest BCUT2D eigenvalue weighted by molar-refractivity contribution is 14.1. The van der Waals surface area contributed by atoms with E-state index in [0.29, 0.717) is 5.75 Å². The van der Waals surface area contributed by atoms with Crippen LogP contribution in [0.1, 0.15) is 0 Å². The first-order valence-corrected chi connectivity index (χ1v) is 6.12. The minimum absolute atomic E-state index is 0.179. The third-order valence-corrected chi connectivity index (χ3v) is 2.95. The van der Waals surface area contributed by atoms with Crippen LogP contribution in [0.4, 0.5) is 5.69 Å². The van der Waals surface area contributed by atoms with E-state index in [0.717, 1.165) is 9.90 Å². The molecule has 2 aromatic rings. The van der Waals surface area contributed by atoms with Gasteiger partial charge in [-0.05, 0) is 46.9 Å². The van der Waals surface area contributed by atoms with Crippen LogP contribution in [0.25, 0.3) is 0 Å². The second-order valence-corrected chi connectivity index (χ2v) is 4.73. The molecule has 1 aromatic carbocycles. The number of ether oxygens (including phenoxy) is 1. The van der Waals surface area contributed by atoms with Gasteiger partial charge < -0.3 is 4.74 Å². The lowest BCUT2D eigenvalue weighted by molar-refractivity contribution is -0.386. The standard InChI is InChI=1S/C10H5ClIN3O3/c11-9-8(15(16)17)10(14-5-13-9)18-7-3-1-6(12)2-4-7/h1-5H. The summed E-state index contributed by atoms with van der Waals surface area (Å²) in [5.74, 6) is 0.259. The Morgan fingerprint density at radius 2 is 1.94 bits per heavy atom. The number of halogens is 2. The highest BCUT2D eigenvalue weighted by Crippen LogP contribution is 2.33. The molecule has 0 bridgehead atoms. The molecule has 0 N–H and O–H groups in total. The molecule has 0 aliphatic heterocycles. The van der Waals surface area contributed by atoms with Crippen molar-refractivity contribution in [2.45, 2.75) is 0 Å². The average molecular weight is 378 g/mol. The molecule has 0 unspecified atom stereocenters. The molecule has 1 aromatic heterocycles. The second-order valence-electron chi connectivity index (χ2n) is 3.13. The van der Waals surface area contributed by atoms with Crippen LogP contribution in [-0.4, -0.2) is 14.9 Å². The first-order valence-electron chi connectivity index (χ1n) is 4.66. The molecule has 0 saturated carbocycles. The van der Waals surface area contributed by atoms with Crippen molar-refractivity contribution in [3.05, 3.63) is 49.4 Å². The molecule has 18 heavy (non-hydrogen) atoms. The number of nitrogens with zero attached hydrogens (tertiary/aromatic N) is 3. The third-order valence-electron chi connectivity index (χ3n) is 1.95. The Morgan fingerprint density at radius 1 is 1.28 bits per heavy atom. The Kier molecular flexibility index (Phi) is 3.92. The van der Waals surface area contributed by atoms with Gasteiger partial charge in [0.15, 0.2) is 0 Å². The molecule has 0 saturated heterocycles. The van der Waals surface area contributed by atoms with Gasteiger partial charge in [0, 0.05) is 3.57 Å². The van der Waals surface area contributed by atoms with Gasteiger partial charge in [0.05, 0.1) is 4.92 Å². The molecule has 0 fully saturated rings. The summed E-state index contributed by atoms with van der Waals surface area (Å²) in [7, 11) is 0. The largest absolute Gasteiger partial charge is 0.434 e. The molecule has 0 amide bonds. The van der Waals surface area contributed by atoms with Crippen molar-refractivity contribution >= 4 is 39.9 Å². The number of nitro groups is 1. The molecule has 0 radical (unpaired) electrons. The third kappa shape index (κ3) is 2.85. The lowest BCUT2D eigenvalue weighted by atomic mass is 10.3. The van der Waals surface area contributed by atoms with Crippen LogP contribution < -0.4 is 4.74 Å². The zero-order chi connectivity index (χ0) is 13.1. The maximum atomic E-state index is 10.8. The molecule has 8 heteroatoms. The van der Waals surface area contributed by atoms with E-state index in [2.05, 4.69) is 32.6 Å². The number of aromatic nitrogens is 2. The number of rotatable bonds is 3. The molecule has 0 spiro atoms. The van der Waals surface area contributed by atoms with Crippen molar-refractivity contribution in [1.82, 2.24) is 9.97 Å². The molecular formula is C10H5ClIN3O3. The molecule has 6 nitrogen and oxygen atoms in total. The van der Waals surface area contributed by atoms with Gasteiger partial charge in [0.2, 0.25) is 5.15 Å². The van der Waals surface area contributed by atoms with Gasteiger partial charge in [-0.3, -0.25) is 10.1 Å². The van der Waals surface area contributed by atoms with Gasteiger partial charge in [0.1, 0.15) is 12.1 Å². The van der Waals surface area contributed by atoms with Crippen molar-refractivity contribution in [2.75, 3.05) is 0 Å². The molecular weight excluding hydrogens is 372 g/mol. The topological polar surface area (TPSA) is 78.2 Å². The average Bonchev–Trinajstić information content (AvgIpc) is 2.32. The number of benzene rings is 1. The molecule has 1 heterocycles. The SMILES string of the molecule is O=[N+]([O-])c1c(Cl)ncnc1Oc1ccc(I)cc1. The maximum Gasteiger partial charge on any atom is 0.368 e. The van der Waals surface area contributed by atoms with Gasteiger partial charge in [0.25, 0.3) is 0 Å². The van der Waals surface area contributed by atoms with Crippen LogP contribution in [0.3, 0.4) is 0 Å². The van der Waals surface area contributed by atoms with Crippen LogP contribution in [0.2, 0.25) is 5.15 Å². The van der Waals surface area contributed by atoms with E-state index in [4.69, 9.17) is 16.3 Å². The monoisotopic (exact) mass is 377 g/mol. The van der Waals surface area contributed by atoms with Crippen LogP contribution in [0.5, 0.6) is 11.6 Å². The summed E-state index contributed by atoms with van der Waals surface area (Å²) in [5, 5.41) is 10.6. The zero-order valence-electron chi connectivity index (χ0n) is 8.71. The Labute approximate surface area is 120 Å². The Balaban J connectivity index is 2.37. The lowest BCUT2D eigenvalue weighted by Crippen LogP contribution is -1.98. The van der Waals surface area contributed by atoms with Gasteiger partial charge in [-0.15, -0.1) is 0 Å². The molecule has 92 valence electrons. The summed E-state index contributed by atoms with van der Waals surface area (Å²) >= 11 is 7.78. The Morgan fingerprint density at radius 3 is 2.56 bits per heavy atom. The normalized spacial score (nSPS) is 10.1. The molecule has 0 aliphatic carbocycles. The minimum Gasteiger partial charge on any atom is -0.434 e. The van der Waals surface area contributed by atoms with E-state index < -0.39 is 10.6 Å². The Hall–Kier alpha value is -1.48. The van der Waals surface area contributed by atoms with Crippen molar-refractivity contribution in [2.24, 2.45) is 0 Å². The quantitative estimate of drug-likeness (QED) is 0.354. The maximum absolute atomic E-state index is 10.8. The summed E-state index contributed by atoms with van der Waals surface area (Å²) in [6, 6.07) is 6.98. The first kappa shape index (κ1) is 13.0. The van der Waals surface area contributed by atoms with Crippen LogP contribution in [0.15, 0.2) is 30.6 Å². The smallest absolute Gasteiger partial charge is 0.368 e. The predicted molar refractivity (Wildman–Crippen MR) is 72.9 cm³/mol. The molecule has 0 aliphatic rings. The van der Waals surface area contributed by atoms with Crippen LogP contribution >= 0.6 is 34.2 Å². The summed E-state index contributed by atoms with van der Waals surface area (Å²) in [5.41, 5.74) is -0.447. The minimum atomic E-state index is -0.676. The highest BCUT2D eigenvalue weighted by Gasteiger charge is 2.23. The zero-order valence-corrected chi connectivity index (χ0v) is 11.6. The molecule has 2 rings (SSSR count). The van der Waals surface area contributed by atoms with Gasteiger partial charge >= 0.3 is 11.6 Å². The van der Waals surface area contributed by atoms with Crippen molar-refractivity contribution in [3.8, 4) is 11.6 Å². The van der Waals surface area contributed by atoms with Gasteiger partial charge in [-0.25, -0.2) is 4.98 Å². The van der Waals surface area contributed by atoms with E-state index in [1.54, 1.807) is 12.1 Å². The van der Waals surface area contributed by atoms with Crippen molar-refractivity contribution < 1.29 is 9.66 Å². The second kappa shape index (κ2) is 5.44. The van der Waals surface area contributed by atoms with E-state index in [-0.39, 0.29) is 11.0 Å². The Bertz CT molecular complexity index is 591. The van der Waals surface area contributed by atoms with Crippen LogP contribution in [0, 0.1) is 13.7 Å². The summed E-state index contributed by atoms with van der Waals surface area (Å²) < 4.78 is 6.35. The fourth-order valence-electron chi connectivity index (χ4n) is 1.18. The van der Waals surface area contributed by atoms with E-state index in [9.17, 15) is 10.1 Å². The van der Waals surface area contributed by atoms with Gasteiger partial charge in [-0.2, -0.15) is 4.98 Å². The summed E-state index contributed by atoms with van der Waals surface area (Å²) in [6.45, 7) is 0.